The fraction of sp³-hybridized carbons (Fsp3) is 0. The van der Waals surface area contributed by atoms with Crippen molar-refractivity contribution in [2.24, 2.45) is 0 Å². The number of hydrogen-bond acceptors (Lipinski definition) is 3. The van der Waals surface area contributed by atoms with Gasteiger partial charge in [0.15, 0.2) is 5.69 Å². The van der Waals surface area contributed by atoms with Crippen molar-refractivity contribution in [1.29, 1.82) is 5.26 Å². The number of nitrogens with zero attached hydrogens (tertiary/aromatic N) is 3. The largest absolute Gasteiger partial charge is 0.273 e. The molecule has 0 saturated carbocycles. The van der Waals surface area contributed by atoms with Gasteiger partial charge in [0.05, 0.1) is 10.7 Å². The third-order valence-corrected chi connectivity index (χ3v) is 2.57. The van der Waals surface area contributed by atoms with Crippen LogP contribution in [0.1, 0.15) is 5.69 Å². The molecular weight excluding hydrogens is 261 g/mol. The van der Waals surface area contributed by atoms with Crippen LogP contribution in [-0.4, -0.2) is 9.78 Å². The van der Waals surface area contributed by atoms with Gasteiger partial charge in [0.1, 0.15) is 6.07 Å². The Morgan fingerprint density at radius 2 is 2.06 bits per heavy atom. The summed E-state index contributed by atoms with van der Waals surface area (Å²) in [4.78, 5) is 11.7. The first-order valence-electron chi connectivity index (χ1n) is 4.58. The van der Waals surface area contributed by atoms with E-state index in [0.29, 0.717) is 10.7 Å². The highest BCUT2D eigenvalue weighted by Gasteiger charge is 2.08. The second-order valence-electron chi connectivity index (χ2n) is 3.18. The Labute approximate surface area is 107 Å². The normalized spacial score (nSPS) is 9.94. The van der Waals surface area contributed by atoms with Crippen LogP contribution in [0.15, 0.2) is 35.1 Å². The van der Waals surface area contributed by atoms with E-state index in [0.717, 1.165) is 10.7 Å². The molecule has 0 aliphatic heterocycles. The number of benzene rings is 1. The van der Waals surface area contributed by atoms with E-state index in [1.54, 1.807) is 24.3 Å². The molecule has 84 valence electrons. The van der Waals surface area contributed by atoms with E-state index in [-0.39, 0.29) is 10.7 Å². The fourth-order valence-corrected chi connectivity index (χ4v) is 1.66. The monoisotopic (exact) mass is 265 g/mol. The van der Waals surface area contributed by atoms with Gasteiger partial charge in [0, 0.05) is 11.1 Å². The molecule has 0 saturated heterocycles. The fourth-order valence-electron chi connectivity index (χ4n) is 1.30. The first-order valence-corrected chi connectivity index (χ1v) is 5.33. The Balaban J connectivity index is 2.69. The quantitative estimate of drug-likeness (QED) is 0.796. The lowest BCUT2D eigenvalue weighted by molar-refractivity contribution is 0.798. The molecule has 1 heterocycles. The molecule has 0 amide bonds. The SMILES string of the molecule is N#Cc1nn(-c2cccc(Cl)c2)c(=O)cc1Cl. The number of aromatic nitrogens is 2. The van der Waals surface area contributed by atoms with Crippen LogP contribution >= 0.6 is 23.2 Å². The minimum Gasteiger partial charge on any atom is -0.267 e. The lowest BCUT2D eigenvalue weighted by Crippen LogP contribution is -2.21. The summed E-state index contributed by atoms with van der Waals surface area (Å²) in [6.07, 6.45) is 0. The standard InChI is InChI=1S/C11H5Cl2N3O/c12-7-2-1-3-8(4-7)16-11(17)5-9(13)10(6-14)15-16/h1-5H. The van der Waals surface area contributed by atoms with Gasteiger partial charge in [-0.05, 0) is 18.2 Å². The third kappa shape index (κ3) is 2.31. The molecule has 4 nitrogen and oxygen atoms in total. The maximum absolute atomic E-state index is 11.7. The Kier molecular flexibility index (Phi) is 3.14. The summed E-state index contributed by atoms with van der Waals surface area (Å²) in [5.41, 5.74) is 0.0539. The van der Waals surface area contributed by atoms with Crippen LogP contribution < -0.4 is 5.56 Å². The van der Waals surface area contributed by atoms with Crippen LogP contribution in [-0.2, 0) is 0 Å². The minimum atomic E-state index is -0.420. The van der Waals surface area contributed by atoms with Gasteiger partial charge in [-0.2, -0.15) is 15.0 Å². The van der Waals surface area contributed by atoms with Crippen molar-refractivity contribution in [1.82, 2.24) is 9.78 Å². The summed E-state index contributed by atoms with van der Waals surface area (Å²) in [6.45, 7) is 0. The first-order chi connectivity index (χ1) is 8.11. The maximum Gasteiger partial charge on any atom is 0.273 e. The number of nitriles is 1. The number of hydrogen-bond donors (Lipinski definition) is 0. The van der Waals surface area contributed by atoms with Crippen molar-refractivity contribution in [3.63, 3.8) is 0 Å². The van der Waals surface area contributed by atoms with Crippen molar-refractivity contribution >= 4 is 23.2 Å². The summed E-state index contributed by atoms with van der Waals surface area (Å²) in [5.74, 6) is 0. The van der Waals surface area contributed by atoms with Gasteiger partial charge in [-0.1, -0.05) is 29.3 Å². The van der Waals surface area contributed by atoms with Gasteiger partial charge < -0.3 is 0 Å². The Morgan fingerprint density at radius 1 is 1.29 bits per heavy atom. The number of halogens is 2. The van der Waals surface area contributed by atoms with Crippen molar-refractivity contribution < 1.29 is 0 Å². The van der Waals surface area contributed by atoms with E-state index >= 15 is 0 Å². The zero-order valence-electron chi connectivity index (χ0n) is 8.39. The molecule has 0 bridgehead atoms. The molecule has 0 N–H and O–H groups in total. The molecule has 1 aromatic carbocycles. The zero-order chi connectivity index (χ0) is 12.4. The first kappa shape index (κ1) is 11.6. The van der Waals surface area contributed by atoms with Crippen molar-refractivity contribution in [3.8, 4) is 11.8 Å². The van der Waals surface area contributed by atoms with E-state index in [4.69, 9.17) is 28.5 Å². The molecule has 2 rings (SSSR count). The van der Waals surface area contributed by atoms with E-state index in [2.05, 4.69) is 5.10 Å². The summed E-state index contributed by atoms with van der Waals surface area (Å²) in [7, 11) is 0. The molecule has 0 radical (unpaired) electrons. The Bertz CT molecular complexity index is 673. The number of rotatable bonds is 1. The average Bonchev–Trinajstić information content (AvgIpc) is 2.29. The molecule has 0 fully saturated rings. The molecule has 2 aromatic rings. The van der Waals surface area contributed by atoms with E-state index < -0.39 is 5.56 Å². The molecular formula is C11H5Cl2N3O. The molecule has 0 spiro atoms. The van der Waals surface area contributed by atoms with Crippen LogP contribution in [0.25, 0.3) is 5.69 Å². The lowest BCUT2D eigenvalue weighted by Gasteiger charge is -2.05. The average molecular weight is 266 g/mol. The zero-order valence-corrected chi connectivity index (χ0v) is 9.90. The Hall–Kier alpha value is -1.83. The lowest BCUT2D eigenvalue weighted by atomic mass is 10.3. The van der Waals surface area contributed by atoms with Crippen molar-refractivity contribution in [2.75, 3.05) is 0 Å². The molecule has 0 aliphatic rings. The molecule has 0 unspecified atom stereocenters. The van der Waals surface area contributed by atoms with Crippen LogP contribution in [0.4, 0.5) is 0 Å². The second-order valence-corrected chi connectivity index (χ2v) is 4.03. The van der Waals surface area contributed by atoms with Gasteiger partial charge in [-0.25, -0.2) is 0 Å². The molecule has 0 atom stereocenters. The van der Waals surface area contributed by atoms with Gasteiger partial charge in [-0.3, -0.25) is 4.79 Å². The summed E-state index contributed by atoms with van der Waals surface area (Å²) in [5, 5.41) is 13.2. The third-order valence-electron chi connectivity index (χ3n) is 2.04. The van der Waals surface area contributed by atoms with Gasteiger partial charge >= 0.3 is 0 Å². The predicted octanol–water partition coefficient (Wildman–Crippen LogP) is 2.41. The maximum atomic E-state index is 11.7. The Morgan fingerprint density at radius 3 is 2.71 bits per heavy atom. The topological polar surface area (TPSA) is 58.7 Å². The van der Waals surface area contributed by atoms with Gasteiger partial charge in [0.2, 0.25) is 0 Å². The molecule has 6 heteroatoms. The van der Waals surface area contributed by atoms with Gasteiger partial charge in [-0.15, -0.1) is 0 Å². The molecule has 17 heavy (non-hydrogen) atoms. The van der Waals surface area contributed by atoms with Crippen molar-refractivity contribution in [3.05, 3.63) is 56.4 Å². The predicted molar refractivity (Wildman–Crippen MR) is 64.6 cm³/mol. The highest BCUT2D eigenvalue weighted by molar-refractivity contribution is 6.31. The summed E-state index contributed by atoms with van der Waals surface area (Å²) >= 11 is 11.5. The van der Waals surface area contributed by atoms with E-state index in [9.17, 15) is 4.79 Å². The van der Waals surface area contributed by atoms with E-state index in [1.165, 1.54) is 0 Å². The van der Waals surface area contributed by atoms with E-state index in [1.807, 2.05) is 6.07 Å². The second kappa shape index (κ2) is 4.58. The minimum absolute atomic E-state index is 0.00811. The smallest absolute Gasteiger partial charge is 0.267 e. The summed E-state index contributed by atoms with van der Waals surface area (Å²) < 4.78 is 1.08. The van der Waals surface area contributed by atoms with Crippen LogP contribution in [0.5, 0.6) is 0 Å². The van der Waals surface area contributed by atoms with Crippen LogP contribution in [0, 0.1) is 11.3 Å². The van der Waals surface area contributed by atoms with Gasteiger partial charge in [0.25, 0.3) is 5.56 Å². The molecule has 1 aromatic heterocycles. The summed E-state index contributed by atoms with van der Waals surface area (Å²) in [6, 6.07) is 9.56. The van der Waals surface area contributed by atoms with Crippen LogP contribution in [0.2, 0.25) is 10.0 Å². The van der Waals surface area contributed by atoms with Crippen molar-refractivity contribution in [2.45, 2.75) is 0 Å². The highest BCUT2D eigenvalue weighted by atomic mass is 35.5. The molecule has 0 aliphatic carbocycles. The highest BCUT2D eigenvalue weighted by Crippen LogP contribution is 2.14. The van der Waals surface area contributed by atoms with Crippen LogP contribution in [0.3, 0.4) is 0 Å².